The van der Waals surface area contributed by atoms with Crippen LogP contribution >= 0.6 is 11.8 Å². The van der Waals surface area contributed by atoms with Crippen molar-refractivity contribution in [3.05, 3.63) is 114 Å². The van der Waals surface area contributed by atoms with Crippen molar-refractivity contribution in [1.29, 1.82) is 0 Å². The molecular weight excluding hydrogens is 533 g/mol. The van der Waals surface area contributed by atoms with Gasteiger partial charge in [-0.2, -0.15) is 13.2 Å². The number of hydrogen-bond acceptors (Lipinski definition) is 4. The van der Waals surface area contributed by atoms with Crippen LogP contribution in [0.2, 0.25) is 0 Å². The fourth-order valence-corrected chi connectivity index (χ4v) is 6.55. The van der Waals surface area contributed by atoms with Gasteiger partial charge in [-0.15, -0.1) is 11.8 Å². The van der Waals surface area contributed by atoms with Crippen molar-refractivity contribution in [2.45, 2.75) is 16.3 Å². The summed E-state index contributed by atoms with van der Waals surface area (Å²) in [4.78, 5) is 12.5. The zero-order valence-electron chi connectivity index (χ0n) is 19.7. The van der Waals surface area contributed by atoms with Gasteiger partial charge >= 0.3 is 6.18 Å². The molecule has 4 aromatic rings. The molecule has 194 valence electrons. The summed E-state index contributed by atoms with van der Waals surface area (Å²) >= 11 is 1.51. The smallest absolute Gasteiger partial charge is 0.325 e. The second-order valence-corrected chi connectivity index (χ2v) is 11.4. The molecule has 5 rings (SSSR count). The highest BCUT2D eigenvalue weighted by atomic mass is 32.2. The first kappa shape index (κ1) is 25.9. The first-order chi connectivity index (χ1) is 18.1. The van der Waals surface area contributed by atoms with E-state index in [1.54, 1.807) is 0 Å². The molecule has 0 aromatic heterocycles. The maximum Gasteiger partial charge on any atom is 0.416 e. The standard InChI is InChI=1S/C28H21F3N2O3S2/c29-28(30,31)18-6-5-7-20(16-18)33-38(35,36)21-14-12-19(13-15-21)32-26(34)17-37-27-24-10-3-1-8-22(24)23-9-2-4-11-25(23)27/h1-16,27,33H,17H2,(H,32,34). The van der Waals surface area contributed by atoms with Gasteiger partial charge in [0.05, 0.1) is 21.5 Å². The van der Waals surface area contributed by atoms with Gasteiger partial charge in [-0.05, 0) is 64.7 Å². The third-order valence-corrected chi connectivity index (χ3v) is 8.72. The highest BCUT2D eigenvalue weighted by Gasteiger charge is 2.31. The minimum absolute atomic E-state index is 0.0302. The van der Waals surface area contributed by atoms with Crippen molar-refractivity contribution in [2.24, 2.45) is 0 Å². The van der Waals surface area contributed by atoms with E-state index < -0.39 is 21.8 Å². The van der Waals surface area contributed by atoms with Crippen molar-refractivity contribution >= 4 is 39.1 Å². The van der Waals surface area contributed by atoms with E-state index in [1.165, 1.54) is 42.1 Å². The second-order valence-electron chi connectivity index (χ2n) is 8.62. The highest BCUT2D eigenvalue weighted by Crippen LogP contribution is 2.49. The summed E-state index contributed by atoms with van der Waals surface area (Å²) in [7, 11) is -4.13. The van der Waals surface area contributed by atoms with Crippen LogP contribution in [0.5, 0.6) is 0 Å². The Bertz CT molecular complexity index is 1560. The van der Waals surface area contributed by atoms with E-state index in [1.807, 2.05) is 24.3 Å². The number of thioether (sulfide) groups is 1. The number of carbonyl (C=O) groups is 1. The Morgan fingerprint density at radius 2 is 1.39 bits per heavy atom. The largest absolute Gasteiger partial charge is 0.416 e. The first-order valence-corrected chi connectivity index (χ1v) is 14.0. The lowest BCUT2D eigenvalue weighted by Crippen LogP contribution is -2.16. The molecule has 1 amide bonds. The fourth-order valence-electron chi connectivity index (χ4n) is 4.34. The molecule has 0 spiro atoms. The Labute approximate surface area is 222 Å². The summed E-state index contributed by atoms with van der Waals surface area (Å²) in [5.74, 6) is -0.0561. The number of amides is 1. The van der Waals surface area contributed by atoms with Gasteiger partial charge in [0.15, 0.2) is 0 Å². The van der Waals surface area contributed by atoms with Crippen LogP contribution in [-0.4, -0.2) is 20.1 Å². The third-order valence-electron chi connectivity index (χ3n) is 6.05. The molecule has 0 saturated heterocycles. The van der Waals surface area contributed by atoms with Crippen LogP contribution in [0.4, 0.5) is 24.5 Å². The van der Waals surface area contributed by atoms with E-state index in [9.17, 15) is 26.4 Å². The number of halogens is 3. The van der Waals surface area contributed by atoms with Crippen LogP contribution in [0.1, 0.15) is 21.9 Å². The van der Waals surface area contributed by atoms with Crippen LogP contribution < -0.4 is 10.0 Å². The number of benzene rings is 4. The molecule has 0 radical (unpaired) electrons. The van der Waals surface area contributed by atoms with Crippen LogP contribution in [-0.2, 0) is 21.0 Å². The van der Waals surface area contributed by atoms with Gasteiger partial charge in [0.2, 0.25) is 5.91 Å². The van der Waals surface area contributed by atoms with Crippen molar-refractivity contribution in [2.75, 3.05) is 15.8 Å². The van der Waals surface area contributed by atoms with E-state index in [4.69, 9.17) is 0 Å². The first-order valence-electron chi connectivity index (χ1n) is 11.5. The Balaban J connectivity index is 1.22. The van der Waals surface area contributed by atoms with Gasteiger partial charge in [0, 0.05) is 11.4 Å². The third kappa shape index (κ3) is 5.41. The number of carbonyl (C=O) groups excluding carboxylic acids is 1. The van der Waals surface area contributed by atoms with Gasteiger partial charge in [-0.25, -0.2) is 8.42 Å². The lowest BCUT2D eigenvalue weighted by molar-refractivity contribution is -0.137. The predicted octanol–water partition coefficient (Wildman–Crippen LogP) is 6.95. The quantitative estimate of drug-likeness (QED) is 0.259. The van der Waals surface area contributed by atoms with E-state index in [0.717, 1.165) is 40.5 Å². The van der Waals surface area contributed by atoms with Crippen molar-refractivity contribution in [3.8, 4) is 11.1 Å². The van der Waals surface area contributed by atoms with Crippen molar-refractivity contribution in [3.63, 3.8) is 0 Å². The molecule has 0 unspecified atom stereocenters. The van der Waals surface area contributed by atoms with E-state index in [2.05, 4.69) is 34.3 Å². The van der Waals surface area contributed by atoms with Gasteiger partial charge in [-0.1, -0.05) is 54.6 Å². The number of sulfonamides is 1. The van der Waals surface area contributed by atoms with E-state index in [0.29, 0.717) is 5.69 Å². The molecule has 0 bridgehead atoms. The molecule has 0 fully saturated rings. The predicted molar refractivity (Wildman–Crippen MR) is 144 cm³/mol. The summed E-state index contributed by atoms with van der Waals surface area (Å²) in [6.45, 7) is 0. The summed E-state index contributed by atoms with van der Waals surface area (Å²) in [5.41, 5.74) is 3.89. The van der Waals surface area contributed by atoms with E-state index in [-0.39, 0.29) is 27.5 Å². The molecule has 0 aliphatic heterocycles. The number of nitrogens with one attached hydrogen (secondary N) is 2. The lowest BCUT2D eigenvalue weighted by Gasteiger charge is -2.14. The summed E-state index contributed by atoms with van der Waals surface area (Å²) in [5, 5.41) is 2.80. The average molecular weight is 555 g/mol. The number of fused-ring (bicyclic) bond motifs is 3. The molecule has 0 atom stereocenters. The lowest BCUT2D eigenvalue weighted by atomic mass is 10.1. The Hall–Kier alpha value is -3.76. The van der Waals surface area contributed by atoms with Crippen LogP contribution in [0.25, 0.3) is 11.1 Å². The van der Waals surface area contributed by atoms with Crippen LogP contribution in [0.15, 0.2) is 102 Å². The average Bonchev–Trinajstić information content (AvgIpc) is 3.21. The molecule has 1 aliphatic rings. The number of anilines is 2. The molecule has 4 aromatic carbocycles. The molecule has 2 N–H and O–H groups in total. The second kappa shape index (κ2) is 10.2. The SMILES string of the molecule is O=C(CSC1c2ccccc2-c2ccccc21)Nc1ccc(S(=O)(=O)Nc2cccc(C(F)(F)F)c2)cc1. The Kier molecular flexibility index (Phi) is 6.93. The maximum atomic E-state index is 12.9. The summed E-state index contributed by atoms with van der Waals surface area (Å²) in [6.07, 6.45) is -4.59. The summed E-state index contributed by atoms with van der Waals surface area (Å²) in [6, 6.07) is 25.6. The fraction of sp³-hybridized carbons (Fsp3) is 0.107. The van der Waals surface area contributed by atoms with Crippen molar-refractivity contribution in [1.82, 2.24) is 0 Å². The topological polar surface area (TPSA) is 75.3 Å². The van der Waals surface area contributed by atoms with Gasteiger partial charge in [0.1, 0.15) is 0 Å². The Morgan fingerprint density at radius 3 is 2.00 bits per heavy atom. The molecular formula is C28H21F3N2O3S2. The number of rotatable bonds is 7. The maximum absolute atomic E-state index is 12.9. The van der Waals surface area contributed by atoms with Crippen LogP contribution in [0.3, 0.4) is 0 Å². The Morgan fingerprint density at radius 1 is 0.789 bits per heavy atom. The molecule has 1 aliphatic carbocycles. The van der Waals surface area contributed by atoms with Crippen LogP contribution in [0, 0.1) is 0 Å². The molecule has 10 heteroatoms. The minimum Gasteiger partial charge on any atom is -0.325 e. The molecule has 5 nitrogen and oxygen atoms in total. The van der Waals surface area contributed by atoms with E-state index >= 15 is 0 Å². The monoisotopic (exact) mass is 554 g/mol. The number of alkyl halides is 3. The van der Waals surface area contributed by atoms with Gasteiger partial charge in [-0.3, -0.25) is 9.52 Å². The molecule has 0 saturated carbocycles. The number of hydrogen-bond donors (Lipinski definition) is 2. The van der Waals surface area contributed by atoms with Gasteiger partial charge in [0.25, 0.3) is 10.0 Å². The summed E-state index contributed by atoms with van der Waals surface area (Å²) < 4.78 is 66.3. The zero-order valence-corrected chi connectivity index (χ0v) is 21.3. The molecule has 0 heterocycles. The normalized spacial score (nSPS) is 13.0. The molecule has 38 heavy (non-hydrogen) atoms. The zero-order chi connectivity index (χ0) is 26.9. The van der Waals surface area contributed by atoms with Crippen molar-refractivity contribution < 1.29 is 26.4 Å². The highest BCUT2D eigenvalue weighted by molar-refractivity contribution is 8.00. The van der Waals surface area contributed by atoms with Gasteiger partial charge < -0.3 is 5.32 Å². The minimum atomic E-state index is -4.59.